The number of amides is 2. The fourth-order valence-corrected chi connectivity index (χ4v) is 4.58. The van der Waals surface area contributed by atoms with Crippen molar-refractivity contribution in [2.45, 2.75) is 13.3 Å². The molecule has 0 aliphatic carbocycles. The third-order valence-corrected chi connectivity index (χ3v) is 6.56. The second-order valence-corrected chi connectivity index (χ2v) is 8.90. The van der Waals surface area contributed by atoms with Gasteiger partial charge in [-0.25, -0.2) is 9.59 Å². The lowest BCUT2D eigenvalue weighted by atomic mass is 10.0. The summed E-state index contributed by atoms with van der Waals surface area (Å²) in [6.45, 7) is 4.24. The summed E-state index contributed by atoms with van der Waals surface area (Å²) in [5.41, 5.74) is 2.88. The van der Waals surface area contributed by atoms with Crippen LogP contribution >= 0.6 is 0 Å². The van der Waals surface area contributed by atoms with E-state index in [1.807, 2.05) is 11.8 Å². The summed E-state index contributed by atoms with van der Waals surface area (Å²) < 4.78 is 16.5. The molecule has 0 spiro atoms. The van der Waals surface area contributed by atoms with Crippen molar-refractivity contribution >= 4 is 34.3 Å². The molecule has 2 amide bonds. The highest BCUT2D eigenvalue weighted by molar-refractivity contribution is 6.06. The number of rotatable bonds is 9. The predicted molar refractivity (Wildman–Crippen MR) is 146 cm³/mol. The molecule has 0 unspecified atom stereocenters. The summed E-state index contributed by atoms with van der Waals surface area (Å²) >= 11 is 0. The third-order valence-electron chi connectivity index (χ3n) is 6.56. The summed E-state index contributed by atoms with van der Waals surface area (Å²) in [5.74, 6) is -0.103. The first-order valence-corrected chi connectivity index (χ1v) is 12.6. The summed E-state index contributed by atoms with van der Waals surface area (Å²) in [6.07, 6.45) is 0.434. The number of carboxylic acids is 1. The molecule has 1 saturated heterocycles. The normalized spacial score (nSPS) is 13.2. The van der Waals surface area contributed by atoms with Crippen LogP contribution in [0.2, 0.25) is 0 Å². The summed E-state index contributed by atoms with van der Waals surface area (Å²) in [4.78, 5) is 33.7. The minimum Gasteiger partial charge on any atom is -0.493 e. The molecule has 0 atom stereocenters. The lowest BCUT2D eigenvalue weighted by molar-refractivity contribution is 0.0695. The second-order valence-electron chi connectivity index (χ2n) is 8.90. The number of hydrogen-bond acceptors (Lipinski definition) is 8. The number of carbonyl (C=O) groups excluding carboxylic acids is 1. The number of pyridine rings is 1. The Kier molecular flexibility index (Phi) is 8.68. The van der Waals surface area contributed by atoms with E-state index in [1.165, 1.54) is 7.11 Å². The molecule has 0 saturated carbocycles. The molecular weight excluding hydrogens is 502 g/mol. The van der Waals surface area contributed by atoms with Crippen molar-refractivity contribution in [2.24, 2.45) is 0 Å². The van der Waals surface area contributed by atoms with Gasteiger partial charge in [0.2, 0.25) is 0 Å². The van der Waals surface area contributed by atoms with Crippen LogP contribution in [0.1, 0.15) is 28.5 Å². The number of carboxylic acid groups (broad SMARTS) is 1. The number of methoxy groups -OCH3 is 2. The Balaban J connectivity index is 1.63. The van der Waals surface area contributed by atoms with E-state index >= 15 is 0 Å². The standard InChI is InChI=1S/C28H31N5O6/c1-4-21-25(27(34)35)26(20-15-23(38-3)24(16-22(20)31-21)39-14-13-37-2)32-9-11-33(12-10-32)28(36)30-19-7-5-18(17-29)6-8-19/h5-8,15-16H,4,9-14H2,1-3H3,(H,30,36)(H,34,35). The number of fused-ring (bicyclic) bond motifs is 1. The van der Waals surface area contributed by atoms with Gasteiger partial charge in [0.15, 0.2) is 11.5 Å². The maximum Gasteiger partial charge on any atom is 0.339 e. The van der Waals surface area contributed by atoms with Crippen LogP contribution in [-0.2, 0) is 11.2 Å². The molecular formula is C28H31N5O6. The van der Waals surface area contributed by atoms with Crippen molar-refractivity contribution in [2.75, 3.05) is 63.8 Å². The smallest absolute Gasteiger partial charge is 0.339 e. The van der Waals surface area contributed by atoms with Gasteiger partial charge in [-0.05, 0) is 36.8 Å². The van der Waals surface area contributed by atoms with Crippen molar-refractivity contribution in [3.05, 3.63) is 53.2 Å². The van der Waals surface area contributed by atoms with Gasteiger partial charge in [0.05, 0.1) is 42.2 Å². The number of carbonyl (C=O) groups is 2. The molecule has 1 aromatic heterocycles. The molecule has 39 heavy (non-hydrogen) atoms. The van der Waals surface area contributed by atoms with Crippen LogP contribution in [0.25, 0.3) is 10.9 Å². The number of urea groups is 1. The number of nitrogens with zero attached hydrogens (tertiary/aromatic N) is 4. The van der Waals surface area contributed by atoms with Crippen LogP contribution in [0.3, 0.4) is 0 Å². The number of ether oxygens (including phenoxy) is 3. The number of hydrogen-bond donors (Lipinski definition) is 2. The number of nitriles is 1. The van der Waals surface area contributed by atoms with Gasteiger partial charge in [-0.2, -0.15) is 5.26 Å². The molecule has 2 heterocycles. The van der Waals surface area contributed by atoms with E-state index in [2.05, 4.69) is 16.4 Å². The minimum atomic E-state index is -1.06. The first-order chi connectivity index (χ1) is 18.9. The topological polar surface area (TPSA) is 137 Å². The zero-order valence-electron chi connectivity index (χ0n) is 22.2. The number of piperazine rings is 1. The Bertz CT molecular complexity index is 1390. The van der Waals surface area contributed by atoms with Gasteiger partial charge in [0.1, 0.15) is 12.2 Å². The number of aryl methyl sites for hydroxylation is 1. The van der Waals surface area contributed by atoms with E-state index in [0.717, 1.165) is 0 Å². The Morgan fingerprint density at radius 1 is 1.08 bits per heavy atom. The molecule has 1 aliphatic heterocycles. The number of anilines is 2. The van der Waals surface area contributed by atoms with Gasteiger partial charge in [0, 0.05) is 50.4 Å². The minimum absolute atomic E-state index is 0.149. The monoisotopic (exact) mass is 533 g/mol. The van der Waals surface area contributed by atoms with Crippen LogP contribution in [0.15, 0.2) is 36.4 Å². The van der Waals surface area contributed by atoms with E-state index in [9.17, 15) is 14.7 Å². The van der Waals surface area contributed by atoms with Crippen molar-refractivity contribution in [3.63, 3.8) is 0 Å². The fraction of sp³-hybridized carbons (Fsp3) is 0.357. The SMILES string of the molecule is CCc1nc2cc(OCCOC)c(OC)cc2c(N2CCN(C(=O)Nc3ccc(C#N)cc3)CC2)c1C(=O)O. The highest BCUT2D eigenvalue weighted by Gasteiger charge is 2.29. The zero-order valence-corrected chi connectivity index (χ0v) is 22.2. The molecule has 11 heteroatoms. The quantitative estimate of drug-likeness (QED) is 0.394. The van der Waals surface area contributed by atoms with Gasteiger partial charge in [-0.1, -0.05) is 6.92 Å². The van der Waals surface area contributed by atoms with Gasteiger partial charge < -0.3 is 34.4 Å². The average Bonchev–Trinajstić information content (AvgIpc) is 2.96. The summed E-state index contributed by atoms with van der Waals surface area (Å²) in [5, 5.41) is 22.7. The van der Waals surface area contributed by atoms with Gasteiger partial charge in [-0.3, -0.25) is 4.98 Å². The van der Waals surface area contributed by atoms with Crippen molar-refractivity contribution in [3.8, 4) is 17.6 Å². The highest BCUT2D eigenvalue weighted by atomic mass is 16.5. The molecule has 0 bridgehead atoms. The van der Waals surface area contributed by atoms with Gasteiger partial charge in [0.25, 0.3) is 0 Å². The molecule has 4 rings (SSSR count). The lowest BCUT2D eigenvalue weighted by Crippen LogP contribution is -2.50. The zero-order chi connectivity index (χ0) is 27.9. The largest absolute Gasteiger partial charge is 0.493 e. The third kappa shape index (κ3) is 5.97. The van der Waals surface area contributed by atoms with Crippen molar-refractivity contribution < 1.29 is 28.9 Å². The Morgan fingerprint density at radius 2 is 1.79 bits per heavy atom. The Morgan fingerprint density at radius 3 is 2.38 bits per heavy atom. The maximum absolute atomic E-state index is 12.9. The van der Waals surface area contributed by atoms with Gasteiger partial charge in [-0.15, -0.1) is 0 Å². The van der Waals surface area contributed by atoms with Crippen LogP contribution in [0.4, 0.5) is 16.2 Å². The Labute approximate surface area is 226 Å². The molecule has 2 N–H and O–H groups in total. The molecule has 1 aliphatic rings. The molecule has 0 radical (unpaired) electrons. The number of benzene rings is 2. The highest BCUT2D eigenvalue weighted by Crippen LogP contribution is 2.39. The van der Waals surface area contributed by atoms with Crippen molar-refractivity contribution in [1.29, 1.82) is 5.26 Å². The molecule has 11 nitrogen and oxygen atoms in total. The maximum atomic E-state index is 12.9. The van der Waals surface area contributed by atoms with E-state index in [4.69, 9.17) is 19.5 Å². The fourth-order valence-electron chi connectivity index (χ4n) is 4.58. The number of nitrogens with one attached hydrogen (secondary N) is 1. The van der Waals surface area contributed by atoms with Crippen LogP contribution in [0.5, 0.6) is 11.5 Å². The molecule has 1 fully saturated rings. The van der Waals surface area contributed by atoms with Crippen LogP contribution in [0, 0.1) is 11.3 Å². The second kappa shape index (κ2) is 12.3. The molecule has 2 aromatic carbocycles. The molecule has 204 valence electrons. The van der Waals surface area contributed by atoms with Crippen LogP contribution < -0.4 is 19.7 Å². The van der Waals surface area contributed by atoms with E-state index in [1.54, 1.807) is 48.4 Å². The Hall–Kier alpha value is -4.56. The number of aromatic carboxylic acids is 1. The molecule has 3 aromatic rings. The van der Waals surface area contributed by atoms with E-state index in [-0.39, 0.29) is 11.6 Å². The van der Waals surface area contributed by atoms with Gasteiger partial charge >= 0.3 is 12.0 Å². The first-order valence-electron chi connectivity index (χ1n) is 12.6. The van der Waals surface area contributed by atoms with E-state index in [0.29, 0.717) is 90.8 Å². The van der Waals surface area contributed by atoms with E-state index < -0.39 is 5.97 Å². The number of aromatic nitrogens is 1. The first kappa shape index (κ1) is 27.5. The lowest BCUT2D eigenvalue weighted by Gasteiger charge is -2.37. The average molecular weight is 534 g/mol. The van der Waals surface area contributed by atoms with Crippen LogP contribution in [-0.4, -0.2) is 80.6 Å². The predicted octanol–water partition coefficient (Wildman–Crippen LogP) is 3.75. The summed E-state index contributed by atoms with van der Waals surface area (Å²) in [6, 6.07) is 12.0. The summed E-state index contributed by atoms with van der Waals surface area (Å²) in [7, 11) is 3.12. The van der Waals surface area contributed by atoms with Crippen molar-refractivity contribution in [1.82, 2.24) is 9.88 Å².